The average Bonchev–Trinajstić information content (AvgIpc) is 2.97. The van der Waals surface area contributed by atoms with E-state index >= 15 is 0 Å². The Balaban J connectivity index is 1.80. The highest BCUT2D eigenvalue weighted by Crippen LogP contribution is 2.21. The number of hydrogen-bond donors (Lipinski definition) is 1. The maximum absolute atomic E-state index is 11.9. The van der Waals surface area contributed by atoms with Crippen molar-refractivity contribution >= 4 is 5.97 Å². The van der Waals surface area contributed by atoms with Crippen molar-refractivity contribution in [3.05, 3.63) is 35.4 Å². The Morgan fingerprint density at radius 2 is 2.25 bits per heavy atom. The van der Waals surface area contributed by atoms with Gasteiger partial charge in [0.25, 0.3) is 0 Å². The number of esters is 1. The van der Waals surface area contributed by atoms with E-state index in [2.05, 4.69) is 11.2 Å². The van der Waals surface area contributed by atoms with Crippen molar-refractivity contribution in [1.29, 1.82) is 0 Å². The highest BCUT2D eigenvalue weighted by molar-refractivity contribution is 5.75. The Hall–Kier alpha value is -1.79. The van der Waals surface area contributed by atoms with Crippen LogP contribution in [0.3, 0.4) is 0 Å². The van der Waals surface area contributed by atoms with Crippen LogP contribution in [0.5, 0.6) is 0 Å². The smallest absolute Gasteiger partial charge is 0.323 e. The molecule has 0 spiro atoms. The van der Waals surface area contributed by atoms with Gasteiger partial charge in [-0.2, -0.15) is 0 Å². The predicted octanol–water partition coefficient (Wildman–Crippen LogP) is 2.63. The molecule has 1 fully saturated rings. The van der Waals surface area contributed by atoms with Gasteiger partial charge in [0.05, 0.1) is 0 Å². The maximum Gasteiger partial charge on any atom is 0.323 e. The summed E-state index contributed by atoms with van der Waals surface area (Å²) in [5.74, 6) is 2.44. The molecule has 1 aromatic rings. The van der Waals surface area contributed by atoms with Gasteiger partial charge in [0.2, 0.25) is 0 Å². The molecule has 1 aliphatic rings. The molecule has 1 aromatic carbocycles. The highest BCUT2D eigenvalue weighted by Gasteiger charge is 2.22. The van der Waals surface area contributed by atoms with Gasteiger partial charge in [0, 0.05) is 12.1 Å². The standard InChI is InChI=1S/C17H21NO2/c1-3-14-7-6-8-15(11-14)12-18-13(2)17(19)20-16-9-4-5-10-16/h1,6-8,11,13,16,18H,4-5,9-10,12H2,2H3/t13-/m0/s1. The summed E-state index contributed by atoms with van der Waals surface area (Å²) >= 11 is 0. The van der Waals surface area contributed by atoms with E-state index < -0.39 is 0 Å². The summed E-state index contributed by atoms with van der Waals surface area (Å²) in [6.45, 7) is 2.44. The van der Waals surface area contributed by atoms with Gasteiger partial charge >= 0.3 is 5.97 Å². The van der Waals surface area contributed by atoms with E-state index in [0.717, 1.165) is 24.0 Å². The van der Waals surface area contributed by atoms with Gasteiger partial charge in [-0.1, -0.05) is 18.1 Å². The van der Waals surface area contributed by atoms with Crippen molar-refractivity contribution in [3.8, 4) is 12.3 Å². The topological polar surface area (TPSA) is 38.3 Å². The molecule has 1 atom stereocenters. The number of hydrogen-bond acceptors (Lipinski definition) is 3. The van der Waals surface area contributed by atoms with Crippen LogP contribution in [0, 0.1) is 12.3 Å². The molecule has 0 bridgehead atoms. The number of benzene rings is 1. The van der Waals surface area contributed by atoms with Gasteiger partial charge in [-0.3, -0.25) is 4.79 Å². The number of carbonyl (C=O) groups excluding carboxylic acids is 1. The normalized spacial score (nSPS) is 16.6. The molecule has 106 valence electrons. The van der Waals surface area contributed by atoms with E-state index in [4.69, 9.17) is 11.2 Å². The minimum Gasteiger partial charge on any atom is -0.461 e. The van der Waals surface area contributed by atoms with Crippen molar-refractivity contribution in [2.24, 2.45) is 0 Å². The van der Waals surface area contributed by atoms with Gasteiger partial charge in [-0.25, -0.2) is 0 Å². The fourth-order valence-corrected chi connectivity index (χ4v) is 2.40. The van der Waals surface area contributed by atoms with Crippen molar-refractivity contribution in [1.82, 2.24) is 5.32 Å². The molecule has 0 heterocycles. The number of rotatable bonds is 5. The maximum atomic E-state index is 11.9. The molecule has 0 aliphatic heterocycles. The van der Waals surface area contributed by atoms with Crippen LogP contribution in [-0.2, 0) is 16.1 Å². The first-order valence-electron chi connectivity index (χ1n) is 7.18. The number of terminal acetylenes is 1. The van der Waals surface area contributed by atoms with E-state index in [1.807, 2.05) is 31.2 Å². The number of carbonyl (C=O) groups is 1. The Morgan fingerprint density at radius 3 is 2.95 bits per heavy atom. The third-order valence-corrected chi connectivity index (χ3v) is 3.64. The second-order valence-corrected chi connectivity index (χ2v) is 5.29. The van der Waals surface area contributed by atoms with E-state index in [1.165, 1.54) is 12.8 Å². The van der Waals surface area contributed by atoms with Gasteiger partial charge in [0.15, 0.2) is 0 Å². The zero-order valence-corrected chi connectivity index (χ0v) is 11.9. The molecule has 0 aromatic heterocycles. The monoisotopic (exact) mass is 271 g/mol. The summed E-state index contributed by atoms with van der Waals surface area (Å²) in [7, 11) is 0. The fraction of sp³-hybridized carbons (Fsp3) is 0.471. The molecule has 1 saturated carbocycles. The predicted molar refractivity (Wildman–Crippen MR) is 79.0 cm³/mol. The largest absolute Gasteiger partial charge is 0.461 e. The highest BCUT2D eigenvalue weighted by atomic mass is 16.5. The third kappa shape index (κ3) is 4.11. The lowest BCUT2D eigenvalue weighted by atomic mass is 10.1. The fourth-order valence-electron chi connectivity index (χ4n) is 2.40. The van der Waals surface area contributed by atoms with Gasteiger partial charge in [-0.15, -0.1) is 6.42 Å². The summed E-state index contributed by atoms with van der Waals surface area (Å²) in [6.07, 6.45) is 9.83. The minimum absolute atomic E-state index is 0.122. The lowest BCUT2D eigenvalue weighted by Crippen LogP contribution is -2.36. The zero-order chi connectivity index (χ0) is 14.4. The Morgan fingerprint density at radius 1 is 1.50 bits per heavy atom. The Labute approximate surface area is 120 Å². The average molecular weight is 271 g/mol. The summed E-state index contributed by atoms with van der Waals surface area (Å²) in [6, 6.07) is 7.45. The van der Waals surface area contributed by atoms with E-state index in [-0.39, 0.29) is 18.1 Å². The van der Waals surface area contributed by atoms with Crippen LogP contribution in [0.15, 0.2) is 24.3 Å². The molecule has 0 amide bonds. The molecule has 0 unspecified atom stereocenters. The molecule has 0 saturated heterocycles. The molecule has 1 N–H and O–H groups in total. The summed E-state index contributed by atoms with van der Waals surface area (Å²) in [5, 5.41) is 3.18. The van der Waals surface area contributed by atoms with E-state index in [1.54, 1.807) is 0 Å². The van der Waals surface area contributed by atoms with E-state index in [9.17, 15) is 4.79 Å². The van der Waals surface area contributed by atoms with Crippen LogP contribution in [0.4, 0.5) is 0 Å². The van der Waals surface area contributed by atoms with Crippen molar-refractivity contribution in [2.45, 2.75) is 51.3 Å². The summed E-state index contributed by atoms with van der Waals surface area (Å²) in [4.78, 5) is 11.9. The van der Waals surface area contributed by atoms with Crippen LogP contribution in [-0.4, -0.2) is 18.1 Å². The van der Waals surface area contributed by atoms with Crippen LogP contribution < -0.4 is 5.32 Å². The van der Waals surface area contributed by atoms with Crippen molar-refractivity contribution < 1.29 is 9.53 Å². The quantitative estimate of drug-likeness (QED) is 0.661. The van der Waals surface area contributed by atoms with Crippen LogP contribution >= 0.6 is 0 Å². The Bertz CT molecular complexity index is 498. The first-order valence-corrected chi connectivity index (χ1v) is 7.18. The second-order valence-electron chi connectivity index (χ2n) is 5.29. The summed E-state index contributed by atoms with van der Waals surface area (Å²) in [5.41, 5.74) is 1.92. The van der Waals surface area contributed by atoms with E-state index in [0.29, 0.717) is 6.54 Å². The van der Waals surface area contributed by atoms with Gasteiger partial charge in [0.1, 0.15) is 12.1 Å². The Kier molecular flexibility index (Phi) is 5.20. The van der Waals surface area contributed by atoms with Crippen LogP contribution in [0.2, 0.25) is 0 Å². The van der Waals surface area contributed by atoms with Crippen LogP contribution in [0.1, 0.15) is 43.7 Å². The van der Waals surface area contributed by atoms with Crippen LogP contribution in [0.25, 0.3) is 0 Å². The molecule has 0 radical (unpaired) electrons. The van der Waals surface area contributed by atoms with Crippen molar-refractivity contribution in [3.63, 3.8) is 0 Å². The van der Waals surface area contributed by atoms with Gasteiger partial charge in [-0.05, 0) is 50.3 Å². The molecular formula is C17H21NO2. The number of nitrogens with one attached hydrogen (secondary N) is 1. The van der Waals surface area contributed by atoms with Gasteiger partial charge < -0.3 is 10.1 Å². The third-order valence-electron chi connectivity index (χ3n) is 3.64. The summed E-state index contributed by atoms with van der Waals surface area (Å²) < 4.78 is 5.47. The second kappa shape index (κ2) is 7.12. The van der Waals surface area contributed by atoms with Crippen molar-refractivity contribution in [2.75, 3.05) is 0 Å². The molecule has 2 rings (SSSR count). The molecule has 1 aliphatic carbocycles. The lowest BCUT2D eigenvalue weighted by molar-refractivity contribution is -0.150. The first-order chi connectivity index (χ1) is 9.69. The molecule has 3 nitrogen and oxygen atoms in total. The zero-order valence-electron chi connectivity index (χ0n) is 11.9. The number of ether oxygens (including phenoxy) is 1. The molecule has 3 heteroatoms. The minimum atomic E-state index is -0.301. The molecule has 20 heavy (non-hydrogen) atoms. The first kappa shape index (κ1) is 14.6. The lowest BCUT2D eigenvalue weighted by Gasteiger charge is -2.17. The SMILES string of the molecule is C#Cc1cccc(CN[C@@H](C)C(=O)OC2CCCC2)c1. The molecular weight excluding hydrogens is 250 g/mol.